The summed E-state index contributed by atoms with van der Waals surface area (Å²) in [6.07, 6.45) is 2.04. The number of hydrogen-bond acceptors (Lipinski definition) is 4. The van der Waals surface area contributed by atoms with Gasteiger partial charge < -0.3 is 4.90 Å². The molecule has 2 aliphatic rings. The zero-order valence-electron chi connectivity index (χ0n) is 18.5. The molecule has 0 spiro atoms. The molecule has 3 aromatic rings. The van der Waals surface area contributed by atoms with Gasteiger partial charge in [-0.05, 0) is 49.6 Å². The quantitative estimate of drug-likeness (QED) is 0.609. The highest BCUT2D eigenvalue weighted by Gasteiger charge is 2.34. The number of aromatic nitrogens is 2. The van der Waals surface area contributed by atoms with Gasteiger partial charge in [-0.3, -0.25) is 14.5 Å². The molecule has 5 rings (SSSR count). The van der Waals surface area contributed by atoms with Crippen molar-refractivity contribution >= 4 is 17.6 Å². The number of likely N-dealkylation sites (tertiary alicyclic amines) is 1. The maximum atomic E-state index is 13.3. The second-order valence-electron chi connectivity index (χ2n) is 8.71. The van der Waals surface area contributed by atoms with Crippen LogP contribution >= 0.6 is 0 Å². The van der Waals surface area contributed by atoms with Crippen molar-refractivity contribution in [1.29, 1.82) is 0 Å². The fourth-order valence-corrected chi connectivity index (χ4v) is 4.65. The molecule has 1 saturated heterocycles. The summed E-state index contributed by atoms with van der Waals surface area (Å²) >= 11 is 0. The van der Waals surface area contributed by atoms with Gasteiger partial charge in [-0.15, -0.1) is 0 Å². The Hall–Kier alpha value is -3.61. The highest BCUT2D eigenvalue weighted by atomic mass is 19.1. The lowest BCUT2D eigenvalue weighted by Gasteiger charge is -2.32. The van der Waals surface area contributed by atoms with Crippen LogP contribution in [0.3, 0.4) is 0 Å². The van der Waals surface area contributed by atoms with Crippen molar-refractivity contribution in [2.75, 3.05) is 18.0 Å². The van der Waals surface area contributed by atoms with E-state index in [1.807, 2.05) is 42.2 Å². The number of rotatable bonds is 4. The van der Waals surface area contributed by atoms with E-state index < -0.39 is 0 Å². The van der Waals surface area contributed by atoms with Crippen molar-refractivity contribution in [1.82, 2.24) is 14.9 Å². The van der Waals surface area contributed by atoms with Gasteiger partial charge in [0.15, 0.2) is 0 Å². The number of anilines is 1. The van der Waals surface area contributed by atoms with Crippen LogP contribution in [0.5, 0.6) is 0 Å². The topological polar surface area (TPSA) is 66.4 Å². The summed E-state index contributed by atoms with van der Waals surface area (Å²) < 4.78 is 13.3. The predicted octanol–water partition coefficient (Wildman–Crippen LogP) is 4.03. The Morgan fingerprint density at radius 2 is 1.85 bits per heavy atom. The molecule has 6 nitrogen and oxygen atoms in total. The van der Waals surface area contributed by atoms with Crippen molar-refractivity contribution in [2.24, 2.45) is 0 Å². The molecule has 0 bridgehead atoms. The summed E-state index contributed by atoms with van der Waals surface area (Å²) in [7, 11) is 0. The molecule has 1 fully saturated rings. The van der Waals surface area contributed by atoms with Crippen LogP contribution in [0.25, 0.3) is 0 Å². The van der Waals surface area contributed by atoms with Gasteiger partial charge in [0.1, 0.15) is 17.5 Å². The molecule has 0 unspecified atom stereocenters. The van der Waals surface area contributed by atoms with Crippen LogP contribution in [-0.4, -0.2) is 39.8 Å². The largest absolute Gasteiger partial charge is 0.338 e. The van der Waals surface area contributed by atoms with Gasteiger partial charge >= 0.3 is 0 Å². The maximum absolute atomic E-state index is 13.3. The van der Waals surface area contributed by atoms with E-state index in [-0.39, 0.29) is 30.0 Å². The molecule has 7 heteroatoms. The fraction of sp³-hybridized carbons (Fsp3) is 0.308. The molecule has 0 aliphatic carbocycles. The van der Waals surface area contributed by atoms with Gasteiger partial charge in [0.2, 0.25) is 5.91 Å². The van der Waals surface area contributed by atoms with Gasteiger partial charge in [-0.25, -0.2) is 14.4 Å². The molecule has 2 aromatic carbocycles. The zero-order chi connectivity index (χ0) is 22.9. The fourth-order valence-electron chi connectivity index (χ4n) is 4.65. The molecular formula is C26H25FN4O2. The van der Waals surface area contributed by atoms with Crippen LogP contribution in [-0.2, 0) is 17.8 Å². The smallest absolute Gasteiger partial charge is 0.253 e. The Kier molecular flexibility index (Phi) is 5.62. The monoisotopic (exact) mass is 444 g/mol. The summed E-state index contributed by atoms with van der Waals surface area (Å²) in [5, 5.41) is 0. The summed E-state index contributed by atoms with van der Waals surface area (Å²) in [5.41, 5.74) is 3.17. The molecule has 0 saturated carbocycles. The number of nitrogens with zero attached hydrogens (tertiary/aromatic N) is 4. The van der Waals surface area contributed by atoms with Crippen molar-refractivity contribution in [3.8, 4) is 0 Å². The van der Waals surface area contributed by atoms with Gasteiger partial charge in [-0.1, -0.05) is 30.3 Å². The molecule has 33 heavy (non-hydrogen) atoms. The molecule has 2 amide bonds. The van der Waals surface area contributed by atoms with E-state index in [4.69, 9.17) is 9.97 Å². The first-order valence-corrected chi connectivity index (χ1v) is 11.3. The number of hydrogen-bond donors (Lipinski definition) is 0. The molecule has 0 radical (unpaired) electrons. The summed E-state index contributed by atoms with van der Waals surface area (Å²) in [6.45, 7) is 3.51. The van der Waals surface area contributed by atoms with E-state index in [9.17, 15) is 14.0 Å². The van der Waals surface area contributed by atoms with Crippen LogP contribution in [0, 0.1) is 12.7 Å². The summed E-state index contributed by atoms with van der Waals surface area (Å²) in [5.74, 6) is 1.01. The van der Waals surface area contributed by atoms with E-state index in [1.165, 1.54) is 12.1 Å². The van der Waals surface area contributed by atoms with E-state index in [0.717, 1.165) is 29.7 Å². The third-order valence-corrected chi connectivity index (χ3v) is 6.44. The second-order valence-corrected chi connectivity index (χ2v) is 8.71. The van der Waals surface area contributed by atoms with Crippen molar-refractivity contribution in [3.63, 3.8) is 0 Å². The molecule has 2 aliphatic heterocycles. The first-order chi connectivity index (χ1) is 16.0. The Labute approximate surface area is 192 Å². The van der Waals surface area contributed by atoms with Gasteiger partial charge in [-0.2, -0.15) is 0 Å². The van der Waals surface area contributed by atoms with Crippen molar-refractivity contribution in [2.45, 2.75) is 38.6 Å². The van der Waals surface area contributed by atoms with Crippen LogP contribution in [0.2, 0.25) is 0 Å². The van der Waals surface area contributed by atoms with Crippen LogP contribution in [0.1, 0.15) is 51.8 Å². The minimum Gasteiger partial charge on any atom is -0.338 e. The number of aryl methyl sites for hydroxylation is 1. The first-order valence-electron chi connectivity index (χ1n) is 11.3. The minimum atomic E-state index is -0.306. The molecule has 1 atom stereocenters. The van der Waals surface area contributed by atoms with Crippen molar-refractivity contribution < 1.29 is 14.0 Å². The Balaban J connectivity index is 1.40. The average Bonchev–Trinajstić information content (AvgIpc) is 3.16. The highest BCUT2D eigenvalue weighted by Crippen LogP contribution is 2.33. The van der Waals surface area contributed by atoms with Gasteiger partial charge in [0, 0.05) is 35.8 Å². The number of carbonyl (C=O) groups is 2. The lowest BCUT2D eigenvalue weighted by Crippen LogP contribution is -2.39. The summed E-state index contributed by atoms with van der Waals surface area (Å²) in [6, 6.07) is 15.5. The number of amides is 2. The first kappa shape index (κ1) is 21.2. The highest BCUT2D eigenvalue weighted by molar-refractivity contribution is 6.00. The molecule has 0 N–H and O–H groups in total. The molecule has 168 valence electrons. The van der Waals surface area contributed by atoms with Crippen LogP contribution in [0.15, 0.2) is 54.6 Å². The normalized spacial score (nSPS) is 17.9. The van der Waals surface area contributed by atoms with Gasteiger partial charge in [0.05, 0.1) is 13.0 Å². The number of halogens is 1. The number of piperidine rings is 1. The average molecular weight is 445 g/mol. The SMILES string of the molecule is Cc1nc([C@H]2CCCN(C(=O)c3ccccc3)C2)nc2c1CC(=O)N2Cc1ccc(F)cc1. The maximum Gasteiger partial charge on any atom is 0.253 e. The Bertz CT molecular complexity index is 1200. The zero-order valence-corrected chi connectivity index (χ0v) is 18.5. The third kappa shape index (κ3) is 4.23. The van der Waals surface area contributed by atoms with E-state index in [0.29, 0.717) is 36.8 Å². The minimum absolute atomic E-state index is 0.0128. The predicted molar refractivity (Wildman–Crippen MR) is 122 cm³/mol. The number of fused-ring (bicyclic) bond motifs is 1. The standard InChI is InChI=1S/C26H25FN4O2/c1-17-22-14-23(32)31(15-18-9-11-21(27)12-10-18)25(22)29-24(28-17)20-8-5-13-30(16-20)26(33)19-6-3-2-4-7-19/h2-4,6-7,9-12,20H,5,8,13-16H2,1H3/t20-/m0/s1. The molecule has 1 aromatic heterocycles. The lowest BCUT2D eigenvalue weighted by molar-refractivity contribution is -0.117. The Morgan fingerprint density at radius 1 is 1.09 bits per heavy atom. The molecule has 3 heterocycles. The third-order valence-electron chi connectivity index (χ3n) is 6.44. The summed E-state index contributed by atoms with van der Waals surface area (Å²) in [4.78, 5) is 38.8. The van der Waals surface area contributed by atoms with E-state index >= 15 is 0 Å². The lowest BCUT2D eigenvalue weighted by atomic mass is 9.96. The van der Waals surface area contributed by atoms with Crippen LogP contribution < -0.4 is 4.90 Å². The molecular weight excluding hydrogens is 419 g/mol. The van der Waals surface area contributed by atoms with E-state index in [1.54, 1.807) is 17.0 Å². The van der Waals surface area contributed by atoms with Gasteiger partial charge in [0.25, 0.3) is 5.91 Å². The second kappa shape index (κ2) is 8.73. The van der Waals surface area contributed by atoms with Crippen LogP contribution in [0.4, 0.5) is 10.2 Å². The van der Waals surface area contributed by atoms with E-state index in [2.05, 4.69) is 0 Å². The van der Waals surface area contributed by atoms with Crippen molar-refractivity contribution in [3.05, 3.63) is 88.6 Å². The Morgan fingerprint density at radius 3 is 2.61 bits per heavy atom. The number of carbonyl (C=O) groups excluding carboxylic acids is 2. The number of benzene rings is 2.